The maximum atomic E-state index is 12.5. The number of nitrogens with one attached hydrogen (secondary N) is 1. The lowest BCUT2D eigenvalue weighted by Gasteiger charge is -2.13. The molecule has 1 amide bonds. The fraction of sp³-hybridized carbons (Fsp3) is 0.235. The van der Waals surface area contributed by atoms with Gasteiger partial charge >= 0.3 is 0 Å². The summed E-state index contributed by atoms with van der Waals surface area (Å²) in [6, 6.07) is 13.8. The van der Waals surface area contributed by atoms with Crippen LogP contribution < -0.4 is 10.1 Å². The van der Waals surface area contributed by atoms with Gasteiger partial charge in [0.15, 0.2) is 0 Å². The number of methoxy groups -OCH3 is 1. The summed E-state index contributed by atoms with van der Waals surface area (Å²) in [5.41, 5.74) is 3.26. The van der Waals surface area contributed by atoms with Crippen LogP contribution in [0, 0.1) is 5.92 Å². The zero-order valence-electron chi connectivity index (χ0n) is 11.7. The van der Waals surface area contributed by atoms with Gasteiger partial charge in [-0.1, -0.05) is 40.2 Å². The molecule has 1 N–H and O–H groups in total. The Morgan fingerprint density at radius 1 is 1.19 bits per heavy atom. The first-order chi connectivity index (χ1) is 10.2. The largest absolute Gasteiger partial charge is 0.495 e. The van der Waals surface area contributed by atoms with E-state index in [0.29, 0.717) is 11.4 Å². The second-order valence-corrected chi connectivity index (χ2v) is 6.12. The highest BCUT2D eigenvalue weighted by molar-refractivity contribution is 9.10. The molecule has 0 fully saturated rings. The fourth-order valence-corrected chi connectivity index (χ4v) is 3.12. The van der Waals surface area contributed by atoms with E-state index in [2.05, 4.69) is 33.4 Å². The second kappa shape index (κ2) is 5.90. The number of rotatable bonds is 3. The van der Waals surface area contributed by atoms with Gasteiger partial charge in [0.05, 0.1) is 12.8 Å². The van der Waals surface area contributed by atoms with Crippen LogP contribution >= 0.6 is 15.9 Å². The lowest BCUT2D eigenvalue weighted by molar-refractivity contribution is -0.119. The standard InChI is InChI=1S/C17H16BrNO2/c1-21-16-7-6-14(18)10-15(16)19-17(20)13-8-11-4-2-3-5-12(11)9-13/h2-7,10,13H,8-9H2,1H3,(H,19,20). The van der Waals surface area contributed by atoms with E-state index in [1.165, 1.54) is 11.1 Å². The van der Waals surface area contributed by atoms with Gasteiger partial charge in [0.2, 0.25) is 5.91 Å². The van der Waals surface area contributed by atoms with E-state index in [-0.39, 0.29) is 11.8 Å². The molecule has 0 unspecified atom stereocenters. The Morgan fingerprint density at radius 3 is 2.48 bits per heavy atom. The monoisotopic (exact) mass is 345 g/mol. The van der Waals surface area contributed by atoms with Gasteiger partial charge in [-0.05, 0) is 42.2 Å². The number of hydrogen-bond acceptors (Lipinski definition) is 2. The Kier molecular flexibility index (Phi) is 3.97. The Bertz CT molecular complexity index is 659. The molecule has 0 spiro atoms. The van der Waals surface area contributed by atoms with Crippen molar-refractivity contribution in [2.45, 2.75) is 12.8 Å². The van der Waals surface area contributed by atoms with E-state index in [1.54, 1.807) is 7.11 Å². The Morgan fingerprint density at radius 2 is 1.86 bits per heavy atom. The van der Waals surface area contributed by atoms with Gasteiger partial charge in [-0.15, -0.1) is 0 Å². The molecule has 2 aromatic rings. The van der Waals surface area contributed by atoms with Crippen LogP contribution in [0.3, 0.4) is 0 Å². The van der Waals surface area contributed by atoms with Crippen molar-refractivity contribution in [2.24, 2.45) is 5.92 Å². The van der Waals surface area contributed by atoms with Crippen LogP contribution in [0.25, 0.3) is 0 Å². The summed E-state index contributed by atoms with van der Waals surface area (Å²) in [5.74, 6) is 0.704. The number of carbonyl (C=O) groups excluding carboxylic acids is 1. The second-order valence-electron chi connectivity index (χ2n) is 5.21. The molecular formula is C17H16BrNO2. The first-order valence-corrected chi connectivity index (χ1v) is 7.68. The van der Waals surface area contributed by atoms with E-state index in [1.807, 2.05) is 30.3 Å². The third-order valence-electron chi connectivity index (χ3n) is 3.84. The van der Waals surface area contributed by atoms with Crippen molar-refractivity contribution in [3.8, 4) is 5.75 Å². The molecule has 4 heteroatoms. The van der Waals surface area contributed by atoms with Crippen LogP contribution in [0.15, 0.2) is 46.9 Å². The number of carbonyl (C=O) groups is 1. The first-order valence-electron chi connectivity index (χ1n) is 6.88. The van der Waals surface area contributed by atoms with Crippen molar-refractivity contribution in [3.63, 3.8) is 0 Å². The minimum atomic E-state index is -0.00825. The van der Waals surface area contributed by atoms with Gasteiger partial charge in [-0.25, -0.2) is 0 Å². The Balaban J connectivity index is 1.75. The van der Waals surface area contributed by atoms with Crippen LogP contribution in [-0.2, 0) is 17.6 Å². The smallest absolute Gasteiger partial charge is 0.228 e. The summed E-state index contributed by atoms with van der Waals surface area (Å²) >= 11 is 3.42. The molecule has 0 radical (unpaired) electrons. The predicted octanol–water partition coefficient (Wildman–Crippen LogP) is 3.81. The molecule has 1 aliphatic rings. The summed E-state index contributed by atoms with van der Waals surface area (Å²) < 4.78 is 6.20. The van der Waals surface area contributed by atoms with E-state index in [9.17, 15) is 4.79 Å². The van der Waals surface area contributed by atoms with Crippen LogP contribution in [0.2, 0.25) is 0 Å². The number of anilines is 1. The highest BCUT2D eigenvalue weighted by Gasteiger charge is 2.27. The Hall–Kier alpha value is -1.81. The lowest BCUT2D eigenvalue weighted by atomic mass is 10.1. The molecule has 1 aliphatic carbocycles. The molecule has 0 aromatic heterocycles. The normalized spacial score (nSPS) is 13.8. The predicted molar refractivity (Wildman–Crippen MR) is 86.7 cm³/mol. The first kappa shape index (κ1) is 14.1. The average molecular weight is 346 g/mol. The van der Waals surface area contributed by atoms with Crippen LogP contribution in [0.4, 0.5) is 5.69 Å². The van der Waals surface area contributed by atoms with E-state index >= 15 is 0 Å². The third kappa shape index (κ3) is 2.95. The number of ether oxygens (including phenoxy) is 1. The van der Waals surface area contributed by atoms with Crippen molar-refractivity contribution in [1.82, 2.24) is 0 Å². The molecule has 0 saturated heterocycles. The molecule has 2 aromatic carbocycles. The highest BCUT2D eigenvalue weighted by atomic mass is 79.9. The molecule has 0 bridgehead atoms. The van der Waals surface area contributed by atoms with Crippen molar-refractivity contribution in [1.29, 1.82) is 0 Å². The summed E-state index contributed by atoms with van der Waals surface area (Å²) in [6.07, 6.45) is 1.61. The van der Waals surface area contributed by atoms with Crippen molar-refractivity contribution < 1.29 is 9.53 Å². The quantitative estimate of drug-likeness (QED) is 0.918. The summed E-state index contributed by atoms with van der Waals surface area (Å²) in [5, 5.41) is 2.99. The zero-order valence-corrected chi connectivity index (χ0v) is 13.3. The molecule has 3 nitrogen and oxygen atoms in total. The zero-order chi connectivity index (χ0) is 14.8. The maximum Gasteiger partial charge on any atom is 0.228 e. The summed E-state index contributed by atoms with van der Waals surface area (Å²) in [4.78, 5) is 12.5. The number of halogens is 1. The van der Waals surface area contributed by atoms with Crippen LogP contribution in [-0.4, -0.2) is 13.0 Å². The minimum Gasteiger partial charge on any atom is -0.495 e. The van der Waals surface area contributed by atoms with E-state index in [4.69, 9.17) is 4.74 Å². The Labute approximate surface area is 132 Å². The van der Waals surface area contributed by atoms with Crippen LogP contribution in [0.5, 0.6) is 5.75 Å². The molecule has 0 heterocycles. The van der Waals surface area contributed by atoms with Gasteiger partial charge in [0.1, 0.15) is 5.75 Å². The molecule has 21 heavy (non-hydrogen) atoms. The number of fused-ring (bicyclic) bond motifs is 1. The fourth-order valence-electron chi connectivity index (χ4n) is 2.76. The lowest BCUT2D eigenvalue weighted by Crippen LogP contribution is -2.23. The van der Waals surface area contributed by atoms with Gasteiger partial charge in [-0.3, -0.25) is 4.79 Å². The molecular weight excluding hydrogens is 330 g/mol. The molecule has 0 aliphatic heterocycles. The average Bonchev–Trinajstić information content (AvgIpc) is 2.91. The summed E-state index contributed by atoms with van der Waals surface area (Å²) in [6.45, 7) is 0. The molecule has 3 rings (SSSR count). The molecule has 0 saturated carbocycles. The van der Waals surface area contributed by atoms with E-state index < -0.39 is 0 Å². The third-order valence-corrected chi connectivity index (χ3v) is 4.33. The van der Waals surface area contributed by atoms with Crippen molar-refractivity contribution >= 4 is 27.5 Å². The van der Waals surface area contributed by atoms with Gasteiger partial charge in [-0.2, -0.15) is 0 Å². The number of benzene rings is 2. The van der Waals surface area contributed by atoms with Gasteiger partial charge < -0.3 is 10.1 Å². The van der Waals surface area contributed by atoms with Crippen LogP contribution in [0.1, 0.15) is 11.1 Å². The van der Waals surface area contributed by atoms with E-state index in [0.717, 1.165) is 17.3 Å². The van der Waals surface area contributed by atoms with Crippen molar-refractivity contribution in [3.05, 3.63) is 58.1 Å². The van der Waals surface area contributed by atoms with Crippen molar-refractivity contribution in [2.75, 3.05) is 12.4 Å². The highest BCUT2D eigenvalue weighted by Crippen LogP contribution is 2.31. The topological polar surface area (TPSA) is 38.3 Å². The summed E-state index contributed by atoms with van der Waals surface area (Å²) in [7, 11) is 1.60. The molecule has 0 atom stereocenters. The van der Waals surface area contributed by atoms with Gasteiger partial charge in [0, 0.05) is 10.4 Å². The van der Waals surface area contributed by atoms with Gasteiger partial charge in [0.25, 0.3) is 0 Å². The minimum absolute atomic E-state index is 0.00825. The number of hydrogen-bond donors (Lipinski definition) is 1. The maximum absolute atomic E-state index is 12.5. The number of amides is 1. The molecule has 108 valence electrons. The SMILES string of the molecule is COc1ccc(Br)cc1NC(=O)C1Cc2ccccc2C1.